The van der Waals surface area contributed by atoms with Crippen LogP contribution in [0.5, 0.6) is 5.75 Å². The molecular formula is C22H23FN4OS. The van der Waals surface area contributed by atoms with Gasteiger partial charge in [-0.1, -0.05) is 25.0 Å². The van der Waals surface area contributed by atoms with E-state index >= 15 is 0 Å². The van der Waals surface area contributed by atoms with Crippen LogP contribution >= 0.6 is 11.8 Å². The lowest BCUT2D eigenvalue weighted by atomic mass is 10.2. The van der Waals surface area contributed by atoms with Crippen LogP contribution in [0, 0.1) is 5.82 Å². The van der Waals surface area contributed by atoms with Crippen LogP contribution in [-0.2, 0) is 5.75 Å². The highest BCUT2D eigenvalue weighted by Crippen LogP contribution is 2.32. The predicted octanol–water partition coefficient (Wildman–Crippen LogP) is 5.61. The van der Waals surface area contributed by atoms with Crippen LogP contribution in [0.15, 0.2) is 48.8 Å². The summed E-state index contributed by atoms with van der Waals surface area (Å²) < 4.78 is 18.7. The van der Waals surface area contributed by atoms with Crippen molar-refractivity contribution in [1.82, 2.24) is 15.0 Å². The smallest absolute Gasteiger partial charge is 0.230 e. The summed E-state index contributed by atoms with van der Waals surface area (Å²) in [5, 5.41) is 4.04. The number of rotatable bonds is 7. The minimum atomic E-state index is -0.370. The van der Waals surface area contributed by atoms with Crippen molar-refractivity contribution in [1.29, 1.82) is 0 Å². The lowest BCUT2D eigenvalue weighted by molar-refractivity contribution is 0.412. The highest BCUT2D eigenvalue weighted by atomic mass is 32.2. The quantitative estimate of drug-likeness (QED) is 0.547. The summed E-state index contributed by atoms with van der Waals surface area (Å²) in [6.45, 7) is 0. The Balaban J connectivity index is 1.49. The number of thioether (sulfide) groups is 1. The number of aromatic nitrogens is 3. The lowest BCUT2D eigenvalue weighted by Crippen LogP contribution is -2.01. The zero-order valence-electron chi connectivity index (χ0n) is 16.3. The van der Waals surface area contributed by atoms with Gasteiger partial charge in [0.2, 0.25) is 5.95 Å². The molecule has 0 aliphatic heterocycles. The first-order valence-corrected chi connectivity index (χ1v) is 10.8. The Hall–Kier alpha value is -2.67. The van der Waals surface area contributed by atoms with Crippen LogP contribution in [0.3, 0.4) is 0 Å². The van der Waals surface area contributed by atoms with Crippen molar-refractivity contribution in [3.63, 3.8) is 0 Å². The minimum Gasteiger partial charge on any atom is -0.496 e. The molecule has 29 heavy (non-hydrogen) atoms. The average molecular weight is 411 g/mol. The van der Waals surface area contributed by atoms with Crippen LogP contribution in [0.1, 0.15) is 31.2 Å². The van der Waals surface area contributed by atoms with Gasteiger partial charge in [0.1, 0.15) is 17.9 Å². The SMILES string of the molecule is COc1cc(F)ccc1-c1ncnc(Nc2cccc(CSC3CCCC3)c2)n1. The third-order valence-electron chi connectivity index (χ3n) is 4.95. The summed E-state index contributed by atoms with van der Waals surface area (Å²) in [5.41, 5.74) is 2.82. The number of anilines is 2. The summed E-state index contributed by atoms with van der Waals surface area (Å²) >= 11 is 2.04. The van der Waals surface area contributed by atoms with E-state index in [4.69, 9.17) is 4.74 Å². The van der Waals surface area contributed by atoms with Crippen molar-refractivity contribution in [2.24, 2.45) is 0 Å². The van der Waals surface area contributed by atoms with Gasteiger partial charge < -0.3 is 10.1 Å². The normalized spacial score (nSPS) is 14.1. The van der Waals surface area contributed by atoms with Crippen molar-refractivity contribution < 1.29 is 9.13 Å². The Morgan fingerprint density at radius 3 is 2.83 bits per heavy atom. The molecule has 150 valence electrons. The number of benzene rings is 2. The molecule has 1 N–H and O–H groups in total. The van der Waals surface area contributed by atoms with Crippen LogP contribution in [0.25, 0.3) is 11.4 Å². The van der Waals surface area contributed by atoms with Crippen molar-refractivity contribution in [3.8, 4) is 17.1 Å². The molecule has 5 nitrogen and oxygen atoms in total. The number of methoxy groups -OCH3 is 1. The lowest BCUT2D eigenvalue weighted by Gasteiger charge is -2.11. The highest BCUT2D eigenvalue weighted by Gasteiger charge is 2.15. The number of halogens is 1. The molecule has 4 rings (SSSR count). The molecule has 2 aromatic carbocycles. The number of ether oxygens (including phenoxy) is 1. The third kappa shape index (κ3) is 5.03. The standard InChI is InChI=1S/C22H23FN4OS/c1-28-20-12-16(23)9-10-19(20)21-24-14-25-22(27-21)26-17-6-4-5-15(11-17)13-29-18-7-2-3-8-18/h4-6,9-12,14,18H,2-3,7-8,13H2,1H3,(H,24,25,26,27). The fraction of sp³-hybridized carbons (Fsp3) is 0.318. The third-order valence-corrected chi connectivity index (χ3v) is 6.39. The number of hydrogen-bond acceptors (Lipinski definition) is 6. The number of nitrogens with one attached hydrogen (secondary N) is 1. The molecule has 0 amide bonds. The zero-order valence-corrected chi connectivity index (χ0v) is 17.1. The maximum absolute atomic E-state index is 13.5. The van der Waals surface area contributed by atoms with Crippen LogP contribution in [-0.4, -0.2) is 27.3 Å². The van der Waals surface area contributed by atoms with Gasteiger partial charge in [-0.25, -0.2) is 14.4 Å². The van der Waals surface area contributed by atoms with E-state index in [0.717, 1.165) is 16.7 Å². The van der Waals surface area contributed by atoms with Crippen LogP contribution < -0.4 is 10.1 Å². The Morgan fingerprint density at radius 2 is 2.00 bits per heavy atom. The van der Waals surface area contributed by atoms with E-state index in [1.54, 1.807) is 6.07 Å². The Labute approximate surface area is 174 Å². The molecule has 0 radical (unpaired) electrons. The summed E-state index contributed by atoms with van der Waals surface area (Å²) in [6.07, 6.45) is 6.83. The second kappa shape index (κ2) is 9.22. The van der Waals surface area contributed by atoms with Crippen LogP contribution in [0.4, 0.5) is 16.0 Å². The Bertz CT molecular complexity index is 979. The van der Waals surface area contributed by atoms with E-state index in [2.05, 4.69) is 32.4 Å². The molecule has 0 spiro atoms. The molecule has 0 unspecified atom stereocenters. The van der Waals surface area contributed by atoms with Gasteiger partial charge >= 0.3 is 0 Å². The van der Waals surface area contributed by atoms with E-state index < -0.39 is 0 Å². The molecule has 0 atom stereocenters. The monoisotopic (exact) mass is 410 g/mol. The molecule has 1 fully saturated rings. The summed E-state index contributed by atoms with van der Waals surface area (Å²) in [5.74, 6) is 1.88. The molecular weight excluding hydrogens is 387 g/mol. The summed E-state index contributed by atoms with van der Waals surface area (Å²) in [6, 6.07) is 12.6. The summed E-state index contributed by atoms with van der Waals surface area (Å²) in [4.78, 5) is 12.9. The second-order valence-corrected chi connectivity index (χ2v) is 8.31. The molecule has 1 saturated carbocycles. The van der Waals surface area contributed by atoms with E-state index in [1.165, 1.54) is 56.8 Å². The average Bonchev–Trinajstić information content (AvgIpc) is 3.26. The molecule has 3 aromatic rings. The number of hydrogen-bond donors (Lipinski definition) is 1. The Kier molecular flexibility index (Phi) is 6.24. The minimum absolute atomic E-state index is 0.370. The van der Waals surface area contributed by atoms with Gasteiger partial charge in [-0.15, -0.1) is 0 Å². The van der Waals surface area contributed by atoms with Gasteiger partial charge in [-0.05, 0) is 42.7 Å². The zero-order chi connectivity index (χ0) is 20.1. The topological polar surface area (TPSA) is 59.9 Å². The molecule has 1 aromatic heterocycles. The predicted molar refractivity (Wildman–Crippen MR) is 115 cm³/mol. The van der Waals surface area contributed by atoms with Gasteiger partial charge in [0.05, 0.1) is 12.7 Å². The summed E-state index contributed by atoms with van der Waals surface area (Å²) in [7, 11) is 1.49. The number of nitrogens with zero attached hydrogens (tertiary/aromatic N) is 3. The molecule has 1 heterocycles. The molecule has 7 heteroatoms. The van der Waals surface area contributed by atoms with E-state index in [1.807, 2.05) is 23.9 Å². The van der Waals surface area contributed by atoms with Gasteiger partial charge in [0.15, 0.2) is 5.82 Å². The fourth-order valence-electron chi connectivity index (χ4n) is 3.47. The fourth-order valence-corrected chi connectivity index (χ4v) is 4.75. The largest absolute Gasteiger partial charge is 0.496 e. The van der Waals surface area contributed by atoms with E-state index in [9.17, 15) is 4.39 Å². The maximum Gasteiger partial charge on any atom is 0.230 e. The molecule has 0 bridgehead atoms. The molecule has 1 aliphatic rings. The molecule has 0 saturated heterocycles. The second-order valence-electron chi connectivity index (χ2n) is 7.02. The first-order valence-electron chi connectivity index (χ1n) is 9.72. The van der Waals surface area contributed by atoms with Crippen molar-refractivity contribution in [2.75, 3.05) is 12.4 Å². The van der Waals surface area contributed by atoms with Crippen LogP contribution in [0.2, 0.25) is 0 Å². The molecule has 1 aliphatic carbocycles. The van der Waals surface area contributed by atoms with Gasteiger partial charge in [-0.2, -0.15) is 16.7 Å². The first kappa shape index (κ1) is 19.6. The van der Waals surface area contributed by atoms with Crippen molar-refractivity contribution in [3.05, 3.63) is 60.2 Å². The van der Waals surface area contributed by atoms with E-state index in [-0.39, 0.29) is 5.82 Å². The maximum atomic E-state index is 13.5. The van der Waals surface area contributed by atoms with Gasteiger partial charge in [0, 0.05) is 22.8 Å². The Morgan fingerprint density at radius 1 is 1.14 bits per heavy atom. The van der Waals surface area contributed by atoms with Gasteiger partial charge in [0.25, 0.3) is 0 Å². The highest BCUT2D eigenvalue weighted by molar-refractivity contribution is 7.99. The first-order chi connectivity index (χ1) is 14.2. The van der Waals surface area contributed by atoms with Gasteiger partial charge in [-0.3, -0.25) is 0 Å². The van der Waals surface area contributed by atoms with E-state index in [0.29, 0.717) is 23.1 Å². The van der Waals surface area contributed by atoms with Crippen molar-refractivity contribution in [2.45, 2.75) is 36.7 Å². The van der Waals surface area contributed by atoms with Crippen molar-refractivity contribution >= 4 is 23.4 Å².